The highest BCUT2D eigenvalue weighted by atomic mass is 16.4. The molecule has 1 saturated heterocycles. The molecule has 0 aliphatic carbocycles. The Morgan fingerprint density at radius 3 is 1.89 bits per heavy atom. The maximum atomic E-state index is 12.9. The summed E-state index contributed by atoms with van der Waals surface area (Å²) in [6, 6.07) is 15.8. The average molecular weight is 366 g/mol. The Bertz CT molecular complexity index is 780. The predicted octanol–water partition coefficient (Wildman–Crippen LogP) is 3.90. The summed E-state index contributed by atoms with van der Waals surface area (Å²) in [4.78, 5) is 25.8. The zero-order chi connectivity index (χ0) is 19.4. The van der Waals surface area contributed by atoms with Gasteiger partial charge in [0.05, 0.1) is 12.0 Å². The summed E-state index contributed by atoms with van der Waals surface area (Å²) in [5, 5.41) is 12.3. The SMILES string of the molecule is Cc1ccccc1C(NC(=O)N1CCC(C(=O)O)CC1)c1ccccc1C. The Kier molecular flexibility index (Phi) is 5.79. The second kappa shape index (κ2) is 8.25. The van der Waals surface area contributed by atoms with E-state index >= 15 is 0 Å². The molecule has 5 nitrogen and oxygen atoms in total. The highest BCUT2D eigenvalue weighted by molar-refractivity contribution is 5.76. The number of benzene rings is 2. The molecule has 0 atom stereocenters. The monoisotopic (exact) mass is 366 g/mol. The standard InChI is InChI=1S/C22H26N2O3/c1-15-7-3-5-9-18(15)20(19-10-6-4-8-16(19)2)23-22(27)24-13-11-17(12-14-24)21(25)26/h3-10,17,20H,11-14H2,1-2H3,(H,23,27)(H,25,26). The molecule has 5 heteroatoms. The molecule has 0 saturated carbocycles. The Morgan fingerprint density at radius 2 is 1.44 bits per heavy atom. The summed E-state index contributed by atoms with van der Waals surface area (Å²) in [5.41, 5.74) is 4.38. The Morgan fingerprint density at radius 1 is 0.963 bits per heavy atom. The number of carboxylic acids is 1. The van der Waals surface area contributed by atoms with Crippen LogP contribution < -0.4 is 5.32 Å². The van der Waals surface area contributed by atoms with E-state index in [1.807, 2.05) is 62.4 Å². The van der Waals surface area contributed by atoms with Crippen LogP contribution in [0.2, 0.25) is 0 Å². The second-order valence-corrected chi connectivity index (χ2v) is 7.20. The minimum absolute atomic E-state index is 0.143. The van der Waals surface area contributed by atoms with Gasteiger partial charge in [-0.15, -0.1) is 0 Å². The van der Waals surface area contributed by atoms with E-state index in [4.69, 9.17) is 5.11 Å². The number of amides is 2. The van der Waals surface area contributed by atoms with E-state index in [-0.39, 0.29) is 18.0 Å². The van der Waals surface area contributed by atoms with Crippen LogP contribution in [-0.2, 0) is 4.79 Å². The van der Waals surface area contributed by atoms with Crippen molar-refractivity contribution in [2.45, 2.75) is 32.7 Å². The third-order valence-electron chi connectivity index (χ3n) is 5.40. The van der Waals surface area contributed by atoms with Crippen LogP contribution in [0.1, 0.15) is 41.1 Å². The number of hydrogen-bond acceptors (Lipinski definition) is 2. The van der Waals surface area contributed by atoms with Crippen molar-refractivity contribution in [2.24, 2.45) is 5.92 Å². The predicted molar refractivity (Wildman–Crippen MR) is 105 cm³/mol. The quantitative estimate of drug-likeness (QED) is 0.862. The molecule has 0 radical (unpaired) electrons. The molecule has 0 unspecified atom stereocenters. The number of aliphatic carboxylic acids is 1. The molecule has 1 heterocycles. The lowest BCUT2D eigenvalue weighted by Gasteiger charge is -2.32. The zero-order valence-electron chi connectivity index (χ0n) is 15.8. The molecule has 2 aromatic carbocycles. The van der Waals surface area contributed by atoms with Crippen molar-refractivity contribution in [2.75, 3.05) is 13.1 Å². The van der Waals surface area contributed by atoms with Crippen LogP contribution in [-0.4, -0.2) is 35.1 Å². The van der Waals surface area contributed by atoms with Crippen molar-refractivity contribution in [3.8, 4) is 0 Å². The van der Waals surface area contributed by atoms with Gasteiger partial charge in [-0.2, -0.15) is 0 Å². The van der Waals surface area contributed by atoms with E-state index in [2.05, 4.69) is 5.32 Å². The summed E-state index contributed by atoms with van der Waals surface area (Å²) in [6.07, 6.45) is 1.00. The van der Waals surface area contributed by atoms with Gasteiger partial charge < -0.3 is 15.3 Å². The molecule has 2 aromatic rings. The number of piperidine rings is 1. The minimum Gasteiger partial charge on any atom is -0.481 e. The Balaban J connectivity index is 1.82. The first-order valence-corrected chi connectivity index (χ1v) is 9.36. The van der Waals surface area contributed by atoms with Gasteiger partial charge in [-0.3, -0.25) is 4.79 Å². The van der Waals surface area contributed by atoms with Crippen LogP contribution in [0.15, 0.2) is 48.5 Å². The highest BCUT2D eigenvalue weighted by Crippen LogP contribution is 2.28. The van der Waals surface area contributed by atoms with Gasteiger partial charge in [-0.25, -0.2) is 4.79 Å². The third kappa shape index (κ3) is 4.30. The number of hydrogen-bond donors (Lipinski definition) is 2. The molecule has 1 aliphatic heterocycles. The van der Waals surface area contributed by atoms with Crippen LogP contribution in [0.3, 0.4) is 0 Å². The molecule has 2 amide bonds. The fourth-order valence-electron chi connectivity index (χ4n) is 3.69. The van der Waals surface area contributed by atoms with Gasteiger partial charge >= 0.3 is 12.0 Å². The first kappa shape index (κ1) is 19.0. The van der Waals surface area contributed by atoms with Crippen molar-refractivity contribution < 1.29 is 14.7 Å². The van der Waals surface area contributed by atoms with Gasteiger partial charge in [0.2, 0.25) is 0 Å². The number of carboxylic acid groups (broad SMARTS) is 1. The lowest BCUT2D eigenvalue weighted by atomic mass is 9.92. The number of carbonyl (C=O) groups excluding carboxylic acids is 1. The van der Waals surface area contributed by atoms with E-state index < -0.39 is 5.97 Å². The summed E-state index contributed by atoms with van der Waals surface area (Å²) in [6.45, 7) is 5.03. The number of rotatable bonds is 4. The maximum absolute atomic E-state index is 12.9. The van der Waals surface area contributed by atoms with Crippen LogP contribution in [0.25, 0.3) is 0 Å². The normalized spacial score (nSPS) is 15.0. The molecule has 0 aromatic heterocycles. The van der Waals surface area contributed by atoms with E-state index in [9.17, 15) is 9.59 Å². The second-order valence-electron chi connectivity index (χ2n) is 7.20. The molecule has 1 aliphatic rings. The number of aryl methyl sites for hydroxylation is 2. The molecule has 142 valence electrons. The molecule has 0 bridgehead atoms. The fraction of sp³-hybridized carbons (Fsp3) is 0.364. The van der Waals surface area contributed by atoms with Crippen molar-refractivity contribution in [3.05, 3.63) is 70.8 Å². The molecule has 2 N–H and O–H groups in total. The lowest BCUT2D eigenvalue weighted by Crippen LogP contribution is -2.46. The molecule has 27 heavy (non-hydrogen) atoms. The number of nitrogens with zero attached hydrogens (tertiary/aromatic N) is 1. The summed E-state index contributed by atoms with van der Waals surface area (Å²) in [7, 11) is 0. The van der Waals surface area contributed by atoms with E-state index in [1.165, 1.54) is 0 Å². The van der Waals surface area contributed by atoms with Gasteiger partial charge in [0.15, 0.2) is 0 Å². The third-order valence-corrected chi connectivity index (χ3v) is 5.40. The lowest BCUT2D eigenvalue weighted by molar-refractivity contribution is -0.143. The number of nitrogens with one attached hydrogen (secondary N) is 1. The van der Waals surface area contributed by atoms with E-state index in [0.29, 0.717) is 25.9 Å². The number of likely N-dealkylation sites (tertiary alicyclic amines) is 1. The first-order chi connectivity index (χ1) is 13.0. The maximum Gasteiger partial charge on any atom is 0.318 e. The Hall–Kier alpha value is -2.82. The number of urea groups is 1. The van der Waals surface area contributed by atoms with E-state index in [0.717, 1.165) is 22.3 Å². The largest absolute Gasteiger partial charge is 0.481 e. The number of carbonyl (C=O) groups is 2. The van der Waals surface area contributed by atoms with Crippen LogP contribution in [0.4, 0.5) is 4.79 Å². The molecule has 0 spiro atoms. The summed E-state index contributed by atoms with van der Waals surface area (Å²) >= 11 is 0. The zero-order valence-corrected chi connectivity index (χ0v) is 15.8. The van der Waals surface area contributed by atoms with Gasteiger partial charge in [0.25, 0.3) is 0 Å². The fourth-order valence-corrected chi connectivity index (χ4v) is 3.69. The van der Waals surface area contributed by atoms with Crippen molar-refractivity contribution in [3.63, 3.8) is 0 Å². The molecule has 1 fully saturated rings. The van der Waals surface area contributed by atoms with Crippen LogP contribution in [0.5, 0.6) is 0 Å². The van der Waals surface area contributed by atoms with Crippen LogP contribution >= 0.6 is 0 Å². The van der Waals surface area contributed by atoms with Gasteiger partial charge in [-0.1, -0.05) is 48.5 Å². The van der Waals surface area contributed by atoms with Gasteiger partial charge in [-0.05, 0) is 48.9 Å². The van der Waals surface area contributed by atoms with Gasteiger partial charge in [0, 0.05) is 13.1 Å². The van der Waals surface area contributed by atoms with Crippen molar-refractivity contribution >= 4 is 12.0 Å². The minimum atomic E-state index is -0.771. The summed E-state index contributed by atoms with van der Waals surface area (Å²) in [5.74, 6) is -1.12. The van der Waals surface area contributed by atoms with Gasteiger partial charge in [0.1, 0.15) is 0 Å². The first-order valence-electron chi connectivity index (χ1n) is 9.36. The van der Waals surface area contributed by atoms with Crippen LogP contribution in [0, 0.1) is 19.8 Å². The summed E-state index contributed by atoms with van der Waals surface area (Å²) < 4.78 is 0. The highest BCUT2D eigenvalue weighted by Gasteiger charge is 2.29. The van der Waals surface area contributed by atoms with E-state index in [1.54, 1.807) is 4.90 Å². The molecular weight excluding hydrogens is 340 g/mol. The van der Waals surface area contributed by atoms with Crippen molar-refractivity contribution in [1.29, 1.82) is 0 Å². The smallest absolute Gasteiger partial charge is 0.318 e. The Labute approximate surface area is 160 Å². The molecule has 3 rings (SSSR count). The van der Waals surface area contributed by atoms with Crippen molar-refractivity contribution in [1.82, 2.24) is 10.2 Å². The molecular formula is C22H26N2O3. The average Bonchev–Trinajstić information content (AvgIpc) is 2.67. The topological polar surface area (TPSA) is 69.6 Å².